The monoisotopic (exact) mass is 293 g/mol. The van der Waals surface area contributed by atoms with Crippen LogP contribution in [0.2, 0.25) is 0 Å². The maximum Gasteiger partial charge on any atom is 0.144 e. The molecule has 0 aliphatic carbocycles. The fourth-order valence-electron chi connectivity index (χ4n) is 1.31. The normalized spacial score (nSPS) is 12.4. The fraction of sp³-hybridized carbons (Fsp3) is 0.273. The summed E-state index contributed by atoms with van der Waals surface area (Å²) in [5.74, 6) is 0.776. The fourth-order valence-corrected chi connectivity index (χ4v) is 1.52. The second-order valence-corrected chi connectivity index (χ2v) is 4.35. The summed E-state index contributed by atoms with van der Waals surface area (Å²) in [5.41, 5.74) is 0.885. The van der Waals surface area contributed by atoms with Gasteiger partial charge in [-0.1, -0.05) is 0 Å². The van der Waals surface area contributed by atoms with Crippen molar-refractivity contribution >= 4 is 15.9 Å². The molecule has 5 nitrogen and oxygen atoms in total. The van der Waals surface area contributed by atoms with E-state index in [1.54, 1.807) is 30.9 Å². The minimum atomic E-state index is 0.0849. The van der Waals surface area contributed by atoms with Crippen molar-refractivity contribution in [3.63, 3.8) is 0 Å². The molecule has 1 N–H and O–H groups in total. The Morgan fingerprint density at radius 2 is 1.94 bits per heavy atom. The van der Waals surface area contributed by atoms with Crippen molar-refractivity contribution in [2.24, 2.45) is 0 Å². The molecule has 0 spiro atoms. The smallest absolute Gasteiger partial charge is 0.144 e. The van der Waals surface area contributed by atoms with Gasteiger partial charge < -0.3 is 5.32 Å². The van der Waals surface area contributed by atoms with Crippen LogP contribution in [0.5, 0.6) is 0 Å². The molecule has 0 saturated heterocycles. The van der Waals surface area contributed by atoms with Crippen LogP contribution in [-0.4, -0.2) is 19.9 Å². The molecule has 17 heavy (non-hydrogen) atoms. The third kappa shape index (κ3) is 3.54. The van der Waals surface area contributed by atoms with E-state index in [1.807, 2.05) is 6.92 Å². The zero-order valence-corrected chi connectivity index (χ0v) is 10.9. The lowest BCUT2D eigenvalue weighted by atomic mass is 10.3. The van der Waals surface area contributed by atoms with E-state index in [-0.39, 0.29) is 6.04 Å². The largest absolute Gasteiger partial charge is 0.302 e. The molecule has 1 unspecified atom stereocenters. The van der Waals surface area contributed by atoms with Crippen LogP contribution < -0.4 is 5.32 Å². The third-order valence-electron chi connectivity index (χ3n) is 2.24. The zero-order chi connectivity index (χ0) is 12.1. The summed E-state index contributed by atoms with van der Waals surface area (Å²) in [6.45, 7) is 2.65. The summed E-state index contributed by atoms with van der Waals surface area (Å²) in [4.78, 5) is 16.7. The van der Waals surface area contributed by atoms with Crippen LogP contribution in [0.1, 0.15) is 24.5 Å². The summed E-state index contributed by atoms with van der Waals surface area (Å²) < 4.78 is 0.737. The minimum absolute atomic E-state index is 0.0849. The first kappa shape index (κ1) is 12.1. The van der Waals surface area contributed by atoms with Crippen LogP contribution in [0, 0.1) is 0 Å². The molecule has 0 aromatic carbocycles. The van der Waals surface area contributed by atoms with Crippen LogP contribution in [0.15, 0.2) is 35.5 Å². The number of halogens is 1. The summed E-state index contributed by atoms with van der Waals surface area (Å²) in [5, 5.41) is 3.29. The highest BCUT2D eigenvalue weighted by Gasteiger charge is 2.07. The molecule has 2 heterocycles. The molecule has 0 radical (unpaired) electrons. The molecule has 0 amide bonds. The third-order valence-corrected chi connectivity index (χ3v) is 2.65. The van der Waals surface area contributed by atoms with Crippen molar-refractivity contribution in [2.45, 2.75) is 19.5 Å². The highest BCUT2D eigenvalue weighted by molar-refractivity contribution is 9.10. The number of aromatic nitrogens is 4. The van der Waals surface area contributed by atoms with E-state index in [0.717, 1.165) is 16.1 Å². The minimum Gasteiger partial charge on any atom is -0.302 e. The van der Waals surface area contributed by atoms with Gasteiger partial charge in [0.15, 0.2) is 0 Å². The Balaban J connectivity index is 1.92. The molecule has 2 aromatic rings. The summed E-state index contributed by atoms with van der Waals surface area (Å²) in [6, 6.07) is 1.89. The van der Waals surface area contributed by atoms with Crippen molar-refractivity contribution < 1.29 is 0 Å². The van der Waals surface area contributed by atoms with Gasteiger partial charge in [0.2, 0.25) is 0 Å². The van der Waals surface area contributed by atoms with Crippen molar-refractivity contribution in [1.29, 1.82) is 0 Å². The molecule has 0 aliphatic rings. The van der Waals surface area contributed by atoms with Gasteiger partial charge in [-0.25, -0.2) is 15.0 Å². The van der Waals surface area contributed by atoms with E-state index in [9.17, 15) is 0 Å². The van der Waals surface area contributed by atoms with Gasteiger partial charge in [0, 0.05) is 18.9 Å². The summed E-state index contributed by atoms with van der Waals surface area (Å²) in [7, 11) is 0. The Labute approximate surface area is 108 Å². The topological polar surface area (TPSA) is 63.6 Å². The lowest BCUT2D eigenvalue weighted by Gasteiger charge is -2.11. The van der Waals surface area contributed by atoms with Crippen LogP contribution >= 0.6 is 15.9 Å². The maximum absolute atomic E-state index is 4.23. The van der Waals surface area contributed by atoms with E-state index in [0.29, 0.717) is 6.54 Å². The Morgan fingerprint density at radius 3 is 2.59 bits per heavy atom. The molecule has 88 valence electrons. The molecule has 2 rings (SSSR count). The van der Waals surface area contributed by atoms with Crippen molar-refractivity contribution in [3.05, 3.63) is 47.0 Å². The summed E-state index contributed by atoms with van der Waals surface area (Å²) >= 11 is 3.25. The Kier molecular flexibility index (Phi) is 4.11. The molecule has 1 atom stereocenters. The molecular weight excluding hydrogens is 282 g/mol. The Morgan fingerprint density at radius 1 is 1.18 bits per heavy atom. The van der Waals surface area contributed by atoms with Crippen LogP contribution in [0.3, 0.4) is 0 Å². The summed E-state index contributed by atoms with van der Waals surface area (Å²) in [6.07, 6.45) is 6.89. The molecule has 6 heteroatoms. The van der Waals surface area contributed by atoms with Gasteiger partial charge in [-0.2, -0.15) is 0 Å². The number of nitrogens with zero attached hydrogens (tertiary/aromatic N) is 4. The highest BCUT2D eigenvalue weighted by Crippen LogP contribution is 2.07. The van der Waals surface area contributed by atoms with Gasteiger partial charge in [-0.15, -0.1) is 0 Å². The average molecular weight is 294 g/mol. The van der Waals surface area contributed by atoms with Crippen molar-refractivity contribution in [1.82, 2.24) is 25.3 Å². The maximum atomic E-state index is 4.23. The van der Waals surface area contributed by atoms with E-state index in [4.69, 9.17) is 0 Å². The van der Waals surface area contributed by atoms with E-state index in [1.165, 1.54) is 0 Å². The predicted octanol–water partition coefficient (Wildman–Crippen LogP) is 1.88. The molecule has 0 saturated carbocycles. The molecule has 0 bridgehead atoms. The Hall–Kier alpha value is -1.40. The van der Waals surface area contributed by atoms with Gasteiger partial charge in [-0.3, -0.25) is 4.98 Å². The van der Waals surface area contributed by atoms with E-state index < -0.39 is 0 Å². The molecule has 0 fully saturated rings. The van der Waals surface area contributed by atoms with Gasteiger partial charge >= 0.3 is 0 Å². The van der Waals surface area contributed by atoms with Crippen molar-refractivity contribution in [3.8, 4) is 0 Å². The second kappa shape index (κ2) is 5.79. The molecular formula is C11H12BrN5. The lowest BCUT2D eigenvalue weighted by Crippen LogP contribution is -2.20. The van der Waals surface area contributed by atoms with Crippen LogP contribution in [0.25, 0.3) is 0 Å². The lowest BCUT2D eigenvalue weighted by molar-refractivity contribution is 0.539. The first-order valence-corrected chi connectivity index (χ1v) is 6.02. The van der Waals surface area contributed by atoms with Crippen molar-refractivity contribution in [2.75, 3.05) is 0 Å². The first-order chi connectivity index (χ1) is 8.25. The SMILES string of the molecule is CC(NCc1cnc(Br)cn1)c1ncccn1. The quantitative estimate of drug-likeness (QED) is 0.932. The number of hydrogen-bond acceptors (Lipinski definition) is 5. The standard InChI is InChI=1S/C11H12BrN5/c1-8(11-13-3-2-4-14-11)15-5-9-6-17-10(12)7-16-9/h2-4,6-8,15H,5H2,1H3. The first-order valence-electron chi connectivity index (χ1n) is 5.22. The van der Waals surface area contributed by atoms with E-state index in [2.05, 4.69) is 41.2 Å². The number of rotatable bonds is 4. The number of hydrogen-bond donors (Lipinski definition) is 1. The van der Waals surface area contributed by atoms with Gasteiger partial charge in [-0.05, 0) is 28.9 Å². The second-order valence-electron chi connectivity index (χ2n) is 3.54. The van der Waals surface area contributed by atoms with Gasteiger partial charge in [0.05, 0.1) is 24.1 Å². The molecule has 0 aliphatic heterocycles. The predicted molar refractivity (Wildman–Crippen MR) is 67.0 cm³/mol. The number of nitrogens with one attached hydrogen (secondary N) is 1. The van der Waals surface area contributed by atoms with E-state index >= 15 is 0 Å². The Bertz CT molecular complexity index is 459. The van der Waals surface area contributed by atoms with Gasteiger partial charge in [0.25, 0.3) is 0 Å². The molecule has 2 aromatic heterocycles. The highest BCUT2D eigenvalue weighted by atomic mass is 79.9. The van der Waals surface area contributed by atoms with Crippen LogP contribution in [0.4, 0.5) is 0 Å². The zero-order valence-electron chi connectivity index (χ0n) is 9.34. The average Bonchev–Trinajstić information content (AvgIpc) is 2.39. The van der Waals surface area contributed by atoms with Gasteiger partial charge in [0.1, 0.15) is 10.4 Å². The van der Waals surface area contributed by atoms with Crippen LogP contribution in [-0.2, 0) is 6.54 Å².